The minimum absolute atomic E-state index is 0.224. The van der Waals surface area contributed by atoms with Gasteiger partial charge in [-0.15, -0.1) is 0 Å². The van der Waals surface area contributed by atoms with Crippen molar-refractivity contribution < 1.29 is 14.6 Å². The van der Waals surface area contributed by atoms with Gasteiger partial charge >= 0.3 is 0 Å². The molecule has 0 unspecified atom stereocenters. The third-order valence-electron chi connectivity index (χ3n) is 4.65. The van der Waals surface area contributed by atoms with Crippen LogP contribution in [0.2, 0.25) is 0 Å². The molecule has 0 saturated carbocycles. The van der Waals surface area contributed by atoms with Crippen LogP contribution in [0.3, 0.4) is 0 Å². The summed E-state index contributed by atoms with van der Waals surface area (Å²) in [5.74, 6) is 2.07. The lowest BCUT2D eigenvalue weighted by molar-refractivity contribution is 0.0652. The largest absolute Gasteiger partial charge is 0.493 e. The molecule has 28 heavy (non-hydrogen) atoms. The molecule has 7 nitrogen and oxygen atoms in total. The van der Waals surface area contributed by atoms with Crippen molar-refractivity contribution in [2.45, 2.75) is 13.0 Å². The first kappa shape index (κ1) is 20.1. The molecule has 1 atom stereocenters. The normalized spacial score (nSPS) is 16.3. The molecular formula is C21H28N4O3. The van der Waals surface area contributed by atoms with Gasteiger partial charge in [-0.05, 0) is 30.7 Å². The van der Waals surface area contributed by atoms with Gasteiger partial charge in [-0.3, -0.25) is 4.90 Å². The van der Waals surface area contributed by atoms with E-state index in [0.717, 1.165) is 37.7 Å². The van der Waals surface area contributed by atoms with Gasteiger partial charge in [0, 0.05) is 45.1 Å². The second-order valence-electron chi connectivity index (χ2n) is 6.71. The number of ether oxygens (including phenoxy) is 2. The Bertz CT molecular complexity index is 762. The Balaban J connectivity index is 1.46. The number of methoxy groups -OCH3 is 1. The number of nitrogens with zero attached hydrogens (tertiary/aromatic N) is 4. The van der Waals surface area contributed by atoms with Crippen LogP contribution in [0.4, 0.5) is 5.95 Å². The molecule has 1 fully saturated rings. The van der Waals surface area contributed by atoms with E-state index in [1.165, 1.54) is 0 Å². The number of piperazine rings is 1. The van der Waals surface area contributed by atoms with Crippen molar-refractivity contribution in [1.29, 1.82) is 0 Å². The van der Waals surface area contributed by atoms with Crippen molar-refractivity contribution >= 4 is 12.0 Å². The van der Waals surface area contributed by atoms with E-state index in [1.807, 2.05) is 43.3 Å². The lowest BCUT2D eigenvalue weighted by Gasteiger charge is -2.35. The van der Waals surface area contributed by atoms with E-state index in [0.29, 0.717) is 18.0 Å². The Morgan fingerprint density at radius 1 is 1.14 bits per heavy atom. The highest BCUT2D eigenvalue weighted by molar-refractivity contribution is 5.55. The number of β-amino-alcohol motifs (C(OH)–C–C–N with tert-alkyl or cyclic N) is 1. The number of hydrogen-bond acceptors (Lipinski definition) is 7. The van der Waals surface area contributed by atoms with Crippen LogP contribution in [-0.4, -0.2) is 72.5 Å². The van der Waals surface area contributed by atoms with Gasteiger partial charge < -0.3 is 19.5 Å². The first-order chi connectivity index (χ1) is 13.7. The maximum atomic E-state index is 10.4. The van der Waals surface area contributed by atoms with Crippen LogP contribution in [0.15, 0.2) is 42.7 Å². The first-order valence-corrected chi connectivity index (χ1v) is 9.55. The highest BCUT2D eigenvalue weighted by atomic mass is 16.5. The van der Waals surface area contributed by atoms with E-state index in [4.69, 9.17) is 9.47 Å². The maximum Gasteiger partial charge on any atom is 0.225 e. The molecule has 1 aliphatic heterocycles. The number of benzene rings is 1. The number of hydrogen-bond donors (Lipinski definition) is 1. The molecule has 0 amide bonds. The van der Waals surface area contributed by atoms with Crippen LogP contribution in [0, 0.1) is 0 Å². The van der Waals surface area contributed by atoms with Crippen LogP contribution in [-0.2, 0) is 0 Å². The van der Waals surface area contributed by atoms with E-state index >= 15 is 0 Å². The molecule has 1 aliphatic rings. The van der Waals surface area contributed by atoms with Gasteiger partial charge in [-0.25, -0.2) is 9.97 Å². The van der Waals surface area contributed by atoms with Gasteiger partial charge in [-0.1, -0.05) is 18.2 Å². The molecule has 1 aromatic carbocycles. The van der Waals surface area contributed by atoms with Crippen molar-refractivity contribution in [3.8, 4) is 11.5 Å². The third-order valence-corrected chi connectivity index (χ3v) is 4.65. The van der Waals surface area contributed by atoms with Crippen molar-refractivity contribution in [3.63, 3.8) is 0 Å². The SMILES string of the molecule is C/C=C/c1ccc(OC[C@H](O)CN2CCN(c3ncccn3)CC2)c(OC)c1. The Morgan fingerprint density at radius 2 is 1.89 bits per heavy atom. The van der Waals surface area contributed by atoms with Gasteiger partial charge in [0.2, 0.25) is 5.95 Å². The van der Waals surface area contributed by atoms with Gasteiger partial charge in [0.25, 0.3) is 0 Å². The van der Waals surface area contributed by atoms with Gasteiger partial charge in [0.15, 0.2) is 11.5 Å². The Morgan fingerprint density at radius 3 is 2.57 bits per heavy atom. The average Bonchev–Trinajstić information content (AvgIpc) is 2.74. The van der Waals surface area contributed by atoms with Crippen molar-refractivity contribution in [2.24, 2.45) is 0 Å². The number of aliphatic hydroxyl groups is 1. The molecule has 150 valence electrons. The summed E-state index contributed by atoms with van der Waals surface area (Å²) >= 11 is 0. The Hall–Kier alpha value is -2.64. The summed E-state index contributed by atoms with van der Waals surface area (Å²) in [7, 11) is 1.62. The van der Waals surface area contributed by atoms with Crippen molar-refractivity contribution in [3.05, 3.63) is 48.3 Å². The number of rotatable bonds is 8. The zero-order valence-electron chi connectivity index (χ0n) is 16.5. The monoisotopic (exact) mass is 384 g/mol. The zero-order chi connectivity index (χ0) is 19.8. The molecule has 2 aromatic rings. The van der Waals surface area contributed by atoms with Crippen LogP contribution in [0.5, 0.6) is 11.5 Å². The topological polar surface area (TPSA) is 71.0 Å². The molecule has 3 rings (SSSR count). The summed E-state index contributed by atoms with van der Waals surface area (Å²) in [6.45, 7) is 6.17. The molecule has 1 saturated heterocycles. The highest BCUT2D eigenvalue weighted by Gasteiger charge is 2.21. The number of aromatic nitrogens is 2. The van der Waals surface area contributed by atoms with Gasteiger partial charge in [0.1, 0.15) is 12.7 Å². The van der Waals surface area contributed by atoms with E-state index in [1.54, 1.807) is 19.5 Å². The van der Waals surface area contributed by atoms with Gasteiger partial charge in [-0.2, -0.15) is 0 Å². The molecule has 0 spiro atoms. The van der Waals surface area contributed by atoms with Crippen LogP contribution >= 0.6 is 0 Å². The number of anilines is 1. The van der Waals surface area contributed by atoms with Crippen molar-refractivity contribution in [2.75, 3.05) is 51.3 Å². The fourth-order valence-electron chi connectivity index (χ4n) is 3.22. The standard InChI is InChI=1S/C21H28N4O3/c1-3-5-17-6-7-19(20(14-17)27-2)28-16-18(26)15-24-10-12-25(13-11-24)21-22-8-4-9-23-21/h3-9,14,18,26H,10-13,15-16H2,1-2H3/b5-3+/t18-/m1/s1. The number of aliphatic hydroxyl groups excluding tert-OH is 1. The molecule has 0 aliphatic carbocycles. The first-order valence-electron chi connectivity index (χ1n) is 9.55. The number of allylic oxidation sites excluding steroid dienone is 1. The third kappa shape index (κ3) is 5.43. The fraction of sp³-hybridized carbons (Fsp3) is 0.429. The quantitative estimate of drug-likeness (QED) is 0.747. The zero-order valence-corrected chi connectivity index (χ0v) is 16.5. The molecule has 2 heterocycles. The summed E-state index contributed by atoms with van der Waals surface area (Å²) in [5.41, 5.74) is 1.05. The lowest BCUT2D eigenvalue weighted by Crippen LogP contribution is -2.49. The summed E-state index contributed by atoms with van der Waals surface area (Å²) in [4.78, 5) is 13.0. The van der Waals surface area contributed by atoms with Crippen LogP contribution in [0.1, 0.15) is 12.5 Å². The van der Waals surface area contributed by atoms with Crippen LogP contribution in [0.25, 0.3) is 6.08 Å². The highest BCUT2D eigenvalue weighted by Crippen LogP contribution is 2.28. The smallest absolute Gasteiger partial charge is 0.225 e. The lowest BCUT2D eigenvalue weighted by atomic mass is 10.2. The van der Waals surface area contributed by atoms with E-state index in [-0.39, 0.29) is 6.61 Å². The van der Waals surface area contributed by atoms with Crippen molar-refractivity contribution in [1.82, 2.24) is 14.9 Å². The predicted molar refractivity (Wildman–Crippen MR) is 110 cm³/mol. The minimum atomic E-state index is -0.570. The average molecular weight is 384 g/mol. The van der Waals surface area contributed by atoms with Crippen LogP contribution < -0.4 is 14.4 Å². The molecular weight excluding hydrogens is 356 g/mol. The molecule has 7 heteroatoms. The molecule has 0 bridgehead atoms. The van der Waals surface area contributed by atoms with Gasteiger partial charge in [0.05, 0.1) is 7.11 Å². The molecule has 1 aromatic heterocycles. The summed E-state index contributed by atoms with van der Waals surface area (Å²) in [5, 5.41) is 10.4. The summed E-state index contributed by atoms with van der Waals surface area (Å²) in [6, 6.07) is 7.58. The second kappa shape index (κ2) is 10.1. The summed E-state index contributed by atoms with van der Waals surface area (Å²) < 4.78 is 11.2. The fourth-order valence-corrected chi connectivity index (χ4v) is 3.22. The summed E-state index contributed by atoms with van der Waals surface area (Å²) in [6.07, 6.45) is 6.92. The van der Waals surface area contributed by atoms with E-state index < -0.39 is 6.10 Å². The Kier molecular flexibility index (Phi) is 7.22. The molecule has 0 radical (unpaired) electrons. The van der Waals surface area contributed by atoms with E-state index in [9.17, 15) is 5.11 Å². The molecule has 1 N–H and O–H groups in total. The van der Waals surface area contributed by atoms with E-state index in [2.05, 4.69) is 19.8 Å². The predicted octanol–water partition coefficient (Wildman–Crippen LogP) is 2.08. The maximum absolute atomic E-state index is 10.4. The minimum Gasteiger partial charge on any atom is -0.493 e. The second-order valence-corrected chi connectivity index (χ2v) is 6.71. The Labute approximate surface area is 166 Å².